The number of hydrogen-bond acceptors (Lipinski definition) is 3. The van der Waals surface area contributed by atoms with Gasteiger partial charge in [-0.1, -0.05) is 6.42 Å². The van der Waals surface area contributed by atoms with Crippen molar-refractivity contribution >= 4 is 6.29 Å². The molecule has 0 amide bonds. The summed E-state index contributed by atoms with van der Waals surface area (Å²) in [6.45, 7) is 0. The Bertz CT molecular complexity index is 252. The first-order chi connectivity index (χ1) is 5.92. The first kappa shape index (κ1) is 7.53. The third-order valence-electron chi connectivity index (χ3n) is 2.60. The molecule has 1 aromatic heterocycles. The van der Waals surface area contributed by atoms with Crippen LogP contribution in [0.25, 0.3) is 0 Å². The Morgan fingerprint density at radius 3 is 2.92 bits per heavy atom. The van der Waals surface area contributed by atoms with Crippen molar-refractivity contribution in [3.63, 3.8) is 0 Å². The fraction of sp³-hybridized carbons (Fsp3) is 0.556. The van der Waals surface area contributed by atoms with E-state index in [2.05, 4.69) is 4.98 Å². The second-order valence-corrected chi connectivity index (χ2v) is 3.27. The normalized spacial score (nSPS) is 20.0. The molecule has 2 rings (SSSR count). The van der Waals surface area contributed by atoms with E-state index in [1.807, 2.05) is 0 Å². The van der Waals surface area contributed by atoms with Gasteiger partial charge in [-0.05, 0) is 18.8 Å². The van der Waals surface area contributed by atoms with E-state index in [1.165, 1.54) is 12.8 Å². The number of carbonyl (C=O) groups is 1. The maximum atomic E-state index is 10.8. The van der Waals surface area contributed by atoms with Crippen LogP contribution in [0.4, 0.5) is 0 Å². The summed E-state index contributed by atoms with van der Waals surface area (Å²) in [6.07, 6.45) is 7.48. The lowest BCUT2D eigenvalue weighted by Crippen LogP contribution is -2.21. The highest BCUT2D eigenvalue weighted by Gasteiger charge is 2.29. The van der Waals surface area contributed by atoms with Gasteiger partial charge >= 0.3 is 0 Å². The molecule has 0 spiro atoms. The van der Waals surface area contributed by atoms with E-state index in [1.54, 1.807) is 6.26 Å². The van der Waals surface area contributed by atoms with E-state index < -0.39 is 0 Å². The molecule has 1 aliphatic rings. The van der Waals surface area contributed by atoms with E-state index in [0.29, 0.717) is 5.92 Å². The molecule has 3 nitrogen and oxygen atoms in total. The van der Waals surface area contributed by atoms with Crippen molar-refractivity contribution in [2.24, 2.45) is 5.92 Å². The molecule has 1 aromatic rings. The van der Waals surface area contributed by atoms with E-state index in [4.69, 9.17) is 4.42 Å². The highest BCUT2D eigenvalue weighted by atomic mass is 16.3. The molecule has 1 unspecified atom stereocenters. The first-order valence-electron chi connectivity index (χ1n) is 4.25. The Balaban J connectivity index is 2.12. The quantitative estimate of drug-likeness (QED) is 0.641. The summed E-state index contributed by atoms with van der Waals surface area (Å²) in [5, 5.41) is 0. The van der Waals surface area contributed by atoms with Gasteiger partial charge in [0.05, 0.1) is 11.6 Å². The highest BCUT2D eigenvalue weighted by Crippen LogP contribution is 2.37. The number of oxazole rings is 1. The average molecular weight is 165 g/mol. The number of carbonyl (C=O) groups excluding carboxylic acids is 1. The Morgan fingerprint density at radius 2 is 2.50 bits per heavy atom. The molecule has 1 aliphatic carbocycles. The van der Waals surface area contributed by atoms with Crippen LogP contribution in [0.3, 0.4) is 0 Å². The van der Waals surface area contributed by atoms with E-state index >= 15 is 0 Å². The molecule has 0 aromatic carbocycles. The zero-order valence-electron chi connectivity index (χ0n) is 6.77. The summed E-state index contributed by atoms with van der Waals surface area (Å²) in [5.41, 5.74) is 0.787. The van der Waals surface area contributed by atoms with Crippen LogP contribution in [0.2, 0.25) is 0 Å². The number of nitrogens with zero attached hydrogens (tertiary/aromatic N) is 1. The van der Waals surface area contributed by atoms with Gasteiger partial charge in [0.2, 0.25) is 0 Å². The van der Waals surface area contributed by atoms with Crippen molar-refractivity contribution in [1.29, 1.82) is 0 Å². The monoisotopic (exact) mass is 165 g/mol. The third-order valence-corrected chi connectivity index (χ3v) is 2.60. The standard InChI is InChI=1S/C9H11NO2/c11-4-8(7-2-1-3-7)9-5-12-6-10-9/h4-8H,1-3H2. The molecule has 0 bridgehead atoms. The Hall–Kier alpha value is -1.12. The zero-order valence-corrected chi connectivity index (χ0v) is 6.77. The summed E-state index contributed by atoms with van der Waals surface area (Å²) in [6, 6.07) is 0. The number of hydrogen-bond donors (Lipinski definition) is 0. The van der Waals surface area contributed by atoms with Crippen LogP contribution < -0.4 is 0 Å². The first-order valence-corrected chi connectivity index (χ1v) is 4.25. The Labute approximate surface area is 70.8 Å². The predicted molar refractivity (Wildman–Crippen MR) is 42.6 cm³/mol. The van der Waals surface area contributed by atoms with Crippen molar-refractivity contribution in [3.05, 3.63) is 18.4 Å². The molecule has 1 fully saturated rings. The molecule has 0 radical (unpaired) electrons. The topological polar surface area (TPSA) is 43.1 Å². The van der Waals surface area contributed by atoms with Gasteiger partial charge < -0.3 is 9.21 Å². The molecule has 12 heavy (non-hydrogen) atoms. The van der Waals surface area contributed by atoms with Crippen molar-refractivity contribution in [2.45, 2.75) is 25.2 Å². The van der Waals surface area contributed by atoms with Gasteiger partial charge in [0, 0.05) is 0 Å². The second-order valence-electron chi connectivity index (χ2n) is 3.27. The maximum Gasteiger partial charge on any atom is 0.180 e. The molecule has 3 heteroatoms. The van der Waals surface area contributed by atoms with Crippen molar-refractivity contribution in [3.8, 4) is 0 Å². The van der Waals surface area contributed by atoms with Gasteiger partial charge in [0.15, 0.2) is 6.39 Å². The maximum absolute atomic E-state index is 10.8. The van der Waals surface area contributed by atoms with Gasteiger partial charge in [-0.3, -0.25) is 0 Å². The van der Waals surface area contributed by atoms with Crippen molar-refractivity contribution in [2.75, 3.05) is 0 Å². The SMILES string of the molecule is O=CC(c1cocn1)C1CCC1. The highest BCUT2D eigenvalue weighted by molar-refractivity contribution is 5.61. The van der Waals surface area contributed by atoms with Crippen LogP contribution in [0.15, 0.2) is 17.1 Å². The van der Waals surface area contributed by atoms with Crippen LogP contribution in [0, 0.1) is 5.92 Å². The lowest BCUT2D eigenvalue weighted by molar-refractivity contribution is -0.110. The molecular formula is C9H11NO2. The van der Waals surface area contributed by atoms with Crippen LogP contribution in [0.1, 0.15) is 30.9 Å². The molecule has 0 aliphatic heterocycles. The largest absolute Gasteiger partial charge is 0.451 e. The van der Waals surface area contributed by atoms with Gasteiger partial charge in [-0.2, -0.15) is 0 Å². The summed E-state index contributed by atoms with van der Waals surface area (Å²) < 4.78 is 4.85. The predicted octanol–water partition coefficient (Wildman–Crippen LogP) is 1.76. The lowest BCUT2D eigenvalue weighted by atomic mass is 9.75. The number of aromatic nitrogens is 1. The van der Waals surface area contributed by atoms with Crippen molar-refractivity contribution < 1.29 is 9.21 Å². The zero-order chi connectivity index (χ0) is 8.39. The van der Waals surface area contributed by atoms with Gasteiger partial charge in [-0.25, -0.2) is 4.98 Å². The fourth-order valence-electron chi connectivity index (χ4n) is 1.61. The third kappa shape index (κ3) is 1.15. The van der Waals surface area contributed by atoms with Crippen LogP contribution in [0.5, 0.6) is 0 Å². The summed E-state index contributed by atoms with van der Waals surface area (Å²) in [5.74, 6) is 0.477. The molecule has 0 saturated heterocycles. The average Bonchev–Trinajstić information content (AvgIpc) is 2.47. The second kappa shape index (κ2) is 3.09. The number of rotatable bonds is 3. The van der Waals surface area contributed by atoms with Crippen molar-refractivity contribution in [1.82, 2.24) is 4.98 Å². The molecule has 1 atom stereocenters. The van der Waals surface area contributed by atoms with Gasteiger partial charge in [-0.15, -0.1) is 0 Å². The summed E-state index contributed by atoms with van der Waals surface area (Å²) in [4.78, 5) is 14.7. The molecule has 1 saturated carbocycles. The van der Waals surface area contributed by atoms with Crippen LogP contribution in [-0.2, 0) is 4.79 Å². The van der Waals surface area contributed by atoms with E-state index in [9.17, 15) is 4.79 Å². The van der Waals surface area contributed by atoms with E-state index in [0.717, 1.165) is 24.8 Å². The summed E-state index contributed by atoms with van der Waals surface area (Å²) in [7, 11) is 0. The molecule has 1 heterocycles. The molecule has 64 valence electrons. The number of aldehydes is 1. The lowest BCUT2D eigenvalue weighted by Gasteiger charge is -2.28. The minimum Gasteiger partial charge on any atom is -0.451 e. The van der Waals surface area contributed by atoms with Crippen LogP contribution in [-0.4, -0.2) is 11.3 Å². The van der Waals surface area contributed by atoms with E-state index in [-0.39, 0.29) is 5.92 Å². The minimum atomic E-state index is -0.0301. The van der Waals surface area contributed by atoms with Gasteiger partial charge in [0.25, 0.3) is 0 Å². The Morgan fingerprint density at radius 1 is 1.67 bits per heavy atom. The minimum absolute atomic E-state index is 0.0301. The fourth-order valence-corrected chi connectivity index (χ4v) is 1.61. The summed E-state index contributed by atoms with van der Waals surface area (Å²) >= 11 is 0. The van der Waals surface area contributed by atoms with Gasteiger partial charge in [0.1, 0.15) is 12.5 Å². The Kier molecular flexibility index (Phi) is 1.94. The van der Waals surface area contributed by atoms with Crippen LogP contribution >= 0.6 is 0 Å². The smallest absolute Gasteiger partial charge is 0.180 e. The molecule has 0 N–H and O–H groups in total. The molecular weight excluding hydrogens is 154 g/mol.